The van der Waals surface area contributed by atoms with Crippen molar-refractivity contribution in [1.29, 1.82) is 0 Å². The number of likely N-dealkylation sites (tertiary alicyclic amines) is 1. The molecule has 1 amide bonds. The first-order valence-electron chi connectivity index (χ1n) is 10.6. The zero-order chi connectivity index (χ0) is 22.3. The lowest BCUT2D eigenvalue weighted by Gasteiger charge is -2.28. The lowest BCUT2D eigenvalue weighted by Crippen LogP contribution is -2.37. The van der Waals surface area contributed by atoms with Gasteiger partial charge in [0.25, 0.3) is 5.91 Å². The Morgan fingerprint density at radius 3 is 2.52 bits per heavy atom. The van der Waals surface area contributed by atoms with Crippen LogP contribution in [0.5, 0.6) is 0 Å². The van der Waals surface area contributed by atoms with Crippen LogP contribution >= 0.6 is 0 Å². The number of nitrogens with one attached hydrogen (secondary N) is 2. The molecule has 31 heavy (non-hydrogen) atoms. The van der Waals surface area contributed by atoms with Crippen LogP contribution in [0.25, 0.3) is 0 Å². The Balaban J connectivity index is 1.74. The number of aryl methyl sites for hydroxylation is 1. The van der Waals surface area contributed by atoms with Crippen LogP contribution in [0.15, 0.2) is 53.4 Å². The van der Waals surface area contributed by atoms with E-state index in [-0.39, 0.29) is 30.0 Å². The molecule has 0 aromatic heterocycles. The minimum atomic E-state index is -3.71. The topological polar surface area (TPSA) is 87.7 Å². The summed E-state index contributed by atoms with van der Waals surface area (Å²) >= 11 is 0. The van der Waals surface area contributed by atoms with Gasteiger partial charge in [-0.25, -0.2) is 13.1 Å². The van der Waals surface area contributed by atoms with Crippen LogP contribution in [0.2, 0.25) is 0 Å². The second-order valence-corrected chi connectivity index (χ2v) is 9.51. The van der Waals surface area contributed by atoms with Gasteiger partial charge in [0.1, 0.15) is 0 Å². The van der Waals surface area contributed by atoms with E-state index in [2.05, 4.69) is 27.1 Å². The maximum atomic E-state index is 13.0. The minimum absolute atomic E-state index is 0.0681. The molecule has 0 saturated carbocycles. The molecule has 2 aromatic carbocycles. The van der Waals surface area contributed by atoms with Gasteiger partial charge in [0.05, 0.1) is 17.5 Å². The van der Waals surface area contributed by atoms with Crippen LogP contribution in [0.3, 0.4) is 0 Å². The van der Waals surface area contributed by atoms with Crippen molar-refractivity contribution in [1.82, 2.24) is 14.9 Å². The van der Waals surface area contributed by atoms with Gasteiger partial charge in [-0.3, -0.25) is 9.69 Å². The first kappa shape index (κ1) is 23.4. The fourth-order valence-corrected chi connectivity index (χ4v) is 4.88. The third-order valence-electron chi connectivity index (χ3n) is 5.58. The number of amides is 1. The van der Waals surface area contributed by atoms with E-state index >= 15 is 0 Å². The highest BCUT2D eigenvalue weighted by atomic mass is 32.2. The molecule has 2 N–H and O–H groups in total. The van der Waals surface area contributed by atoms with Crippen molar-refractivity contribution < 1.29 is 17.9 Å². The molecule has 1 saturated heterocycles. The molecule has 2 aromatic rings. The second kappa shape index (κ2) is 10.9. The summed E-state index contributed by atoms with van der Waals surface area (Å²) in [6.07, 6.45) is 2.32. The van der Waals surface area contributed by atoms with E-state index in [1.54, 1.807) is 13.0 Å². The standard InChI is InChI=1S/C23H31N3O4S/c1-18-10-11-20(31(28,29)25-12-15-30-2)16-21(18)23(27)24-17-22(26-13-6-7-14-26)19-8-4-3-5-9-19/h3-5,8-11,16,22,25H,6-7,12-15,17H2,1-2H3,(H,24,27). The van der Waals surface area contributed by atoms with E-state index in [1.165, 1.54) is 24.8 Å². The van der Waals surface area contributed by atoms with Crippen LogP contribution in [-0.2, 0) is 14.8 Å². The van der Waals surface area contributed by atoms with Gasteiger partial charge in [0, 0.05) is 25.8 Å². The minimum Gasteiger partial charge on any atom is -0.383 e. The maximum absolute atomic E-state index is 13.0. The number of hydrogen-bond acceptors (Lipinski definition) is 5. The molecule has 0 spiro atoms. The van der Waals surface area contributed by atoms with Crippen molar-refractivity contribution in [3.8, 4) is 0 Å². The summed E-state index contributed by atoms with van der Waals surface area (Å²) in [5.74, 6) is -0.272. The van der Waals surface area contributed by atoms with E-state index in [0.29, 0.717) is 12.1 Å². The smallest absolute Gasteiger partial charge is 0.251 e. The molecule has 0 aliphatic carbocycles. The van der Waals surface area contributed by atoms with E-state index in [4.69, 9.17) is 4.74 Å². The SMILES string of the molecule is COCCNS(=O)(=O)c1ccc(C)c(C(=O)NCC(c2ccccc2)N2CCCC2)c1. The number of hydrogen-bond donors (Lipinski definition) is 2. The molecule has 3 rings (SSSR count). The van der Waals surface area contributed by atoms with Crippen molar-refractivity contribution in [2.75, 3.05) is 39.9 Å². The molecule has 0 radical (unpaired) electrons. The predicted molar refractivity (Wildman–Crippen MR) is 121 cm³/mol. The second-order valence-electron chi connectivity index (χ2n) is 7.75. The number of methoxy groups -OCH3 is 1. The quantitative estimate of drug-likeness (QED) is 0.549. The monoisotopic (exact) mass is 445 g/mol. The molecule has 1 heterocycles. The van der Waals surface area contributed by atoms with Crippen LogP contribution in [0.4, 0.5) is 0 Å². The van der Waals surface area contributed by atoms with E-state index in [1.807, 2.05) is 18.2 Å². The molecule has 0 bridgehead atoms. The van der Waals surface area contributed by atoms with E-state index in [9.17, 15) is 13.2 Å². The summed E-state index contributed by atoms with van der Waals surface area (Å²) in [5, 5.41) is 3.03. The largest absolute Gasteiger partial charge is 0.383 e. The Hall–Kier alpha value is -2.26. The number of nitrogens with zero attached hydrogens (tertiary/aromatic N) is 1. The Morgan fingerprint density at radius 2 is 1.84 bits per heavy atom. The maximum Gasteiger partial charge on any atom is 0.251 e. The zero-order valence-electron chi connectivity index (χ0n) is 18.1. The summed E-state index contributed by atoms with van der Waals surface area (Å²) in [5.41, 5.74) is 2.26. The molecule has 7 nitrogen and oxygen atoms in total. The van der Waals surface area contributed by atoms with Crippen LogP contribution in [-0.4, -0.2) is 59.1 Å². The summed E-state index contributed by atoms with van der Waals surface area (Å²) in [7, 11) is -2.20. The molecule has 168 valence electrons. The Bertz CT molecular complexity index is 974. The van der Waals surface area contributed by atoms with E-state index in [0.717, 1.165) is 31.5 Å². The van der Waals surface area contributed by atoms with Gasteiger partial charge in [0.2, 0.25) is 10.0 Å². The van der Waals surface area contributed by atoms with Crippen molar-refractivity contribution in [3.63, 3.8) is 0 Å². The van der Waals surface area contributed by atoms with Gasteiger partial charge in [-0.05, 0) is 56.1 Å². The van der Waals surface area contributed by atoms with Gasteiger partial charge in [-0.15, -0.1) is 0 Å². The molecule has 1 fully saturated rings. The van der Waals surface area contributed by atoms with E-state index < -0.39 is 10.0 Å². The molecule has 8 heteroatoms. The highest BCUT2D eigenvalue weighted by molar-refractivity contribution is 7.89. The average molecular weight is 446 g/mol. The highest BCUT2D eigenvalue weighted by Gasteiger charge is 2.24. The first-order chi connectivity index (χ1) is 14.9. The predicted octanol–water partition coefficient (Wildman–Crippen LogP) is 2.49. The molecule has 1 unspecified atom stereocenters. The van der Waals surface area contributed by atoms with Crippen molar-refractivity contribution >= 4 is 15.9 Å². The third-order valence-corrected chi connectivity index (χ3v) is 7.04. The van der Waals surface area contributed by atoms with Crippen LogP contribution < -0.4 is 10.0 Å². The van der Waals surface area contributed by atoms with Crippen molar-refractivity contribution in [3.05, 3.63) is 65.2 Å². The number of rotatable bonds is 10. The number of ether oxygens (including phenoxy) is 1. The lowest BCUT2D eigenvalue weighted by atomic mass is 10.0. The summed E-state index contributed by atoms with van der Waals surface area (Å²) < 4.78 is 32.4. The first-order valence-corrected chi connectivity index (χ1v) is 12.1. The molecule has 1 aliphatic rings. The Morgan fingerprint density at radius 1 is 1.13 bits per heavy atom. The molecular weight excluding hydrogens is 414 g/mol. The number of carbonyl (C=O) groups is 1. The number of sulfonamides is 1. The number of benzene rings is 2. The summed E-state index contributed by atoms with van der Waals surface area (Å²) in [4.78, 5) is 15.5. The fourth-order valence-electron chi connectivity index (χ4n) is 3.85. The Kier molecular flexibility index (Phi) is 8.20. The third kappa shape index (κ3) is 6.13. The summed E-state index contributed by atoms with van der Waals surface area (Å²) in [6.45, 7) is 4.73. The average Bonchev–Trinajstić information content (AvgIpc) is 3.29. The van der Waals surface area contributed by atoms with Crippen molar-refractivity contribution in [2.24, 2.45) is 0 Å². The number of carbonyl (C=O) groups excluding carboxylic acids is 1. The molecule has 1 aliphatic heterocycles. The van der Waals surface area contributed by atoms with Gasteiger partial charge < -0.3 is 10.1 Å². The lowest BCUT2D eigenvalue weighted by molar-refractivity contribution is 0.0937. The highest BCUT2D eigenvalue weighted by Crippen LogP contribution is 2.24. The zero-order valence-corrected chi connectivity index (χ0v) is 19.0. The van der Waals surface area contributed by atoms with Gasteiger partial charge in [-0.1, -0.05) is 36.4 Å². The van der Waals surface area contributed by atoms with Crippen LogP contribution in [0, 0.1) is 6.92 Å². The van der Waals surface area contributed by atoms with Crippen LogP contribution in [0.1, 0.15) is 40.4 Å². The van der Waals surface area contributed by atoms with Gasteiger partial charge in [-0.2, -0.15) is 0 Å². The molecular formula is C23H31N3O4S. The van der Waals surface area contributed by atoms with Gasteiger partial charge in [0.15, 0.2) is 0 Å². The molecule has 1 atom stereocenters. The Labute approximate surface area is 184 Å². The normalized spacial score (nSPS) is 15.7. The fraction of sp³-hybridized carbons (Fsp3) is 0.435. The summed E-state index contributed by atoms with van der Waals surface area (Å²) in [6, 6.07) is 14.9. The van der Waals surface area contributed by atoms with Crippen molar-refractivity contribution in [2.45, 2.75) is 30.7 Å². The van der Waals surface area contributed by atoms with Gasteiger partial charge >= 0.3 is 0 Å².